The molecular weight excluding hydrogens is 246 g/mol. The number of hydrogen-bond acceptors (Lipinski definition) is 4. The fourth-order valence-corrected chi connectivity index (χ4v) is 2.92. The van der Waals surface area contributed by atoms with Gasteiger partial charge in [-0.15, -0.1) is 11.3 Å². The Kier molecular flexibility index (Phi) is 4.02. The molecule has 0 aliphatic carbocycles. The highest BCUT2D eigenvalue weighted by molar-refractivity contribution is 7.09. The SMILES string of the molecule is CCC1(C)CCN(C(=O)c2csc(CN)n2)CC1. The van der Waals surface area contributed by atoms with Gasteiger partial charge in [0, 0.05) is 25.0 Å². The minimum absolute atomic E-state index is 0.0594. The zero-order chi connectivity index (χ0) is 13.2. The van der Waals surface area contributed by atoms with Crippen LogP contribution in [0.1, 0.15) is 48.6 Å². The summed E-state index contributed by atoms with van der Waals surface area (Å²) in [6.07, 6.45) is 3.36. The lowest BCUT2D eigenvalue weighted by molar-refractivity contribution is 0.0595. The Bertz CT molecular complexity index is 422. The summed E-state index contributed by atoms with van der Waals surface area (Å²) in [5, 5.41) is 2.65. The van der Waals surface area contributed by atoms with Crippen LogP contribution in [0.4, 0.5) is 0 Å². The highest BCUT2D eigenvalue weighted by Crippen LogP contribution is 2.34. The third-order valence-corrected chi connectivity index (χ3v) is 4.93. The number of amides is 1. The summed E-state index contributed by atoms with van der Waals surface area (Å²) in [5.74, 6) is 0.0594. The van der Waals surface area contributed by atoms with Gasteiger partial charge < -0.3 is 10.6 Å². The maximum Gasteiger partial charge on any atom is 0.273 e. The largest absolute Gasteiger partial charge is 0.337 e. The fourth-order valence-electron chi connectivity index (χ4n) is 2.27. The lowest BCUT2D eigenvalue weighted by atomic mass is 9.78. The van der Waals surface area contributed by atoms with Crippen LogP contribution in [0, 0.1) is 5.41 Å². The van der Waals surface area contributed by atoms with E-state index < -0.39 is 0 Å². The molecule has 1 fully saturated rings. The van der Waals surface area contributed by atoms with Crippen molar-refractivity contribution in [2.24, 2.45) is 11.1 Å². The van der Waals surface area contributed by atoms with Gasteiger partial charge in [-0.05, 0) is 18.3 Å². The van der Waals surface area contributed by atoms with E-state index in [4.69, 9.17) is 5.73 Å². The molecule has 0 unspecified atom stereocenters. The minimum Gasteiger partial charge on any atom is -0.337 e. The van der Waals surface area contributed by atoms with Gasteiger partial charge in [0.25, 0.3) is 5.91 Å². The molecule has 0 atom stereocenters. The summed E-state index contributed by atoms with van der Waals surface area (Å²) in [4.78, 5) is 18.4. The van der Waals surface area contributed by atoms with Crippen LogP contribution in [0.3, 0.4) is 0 Å². The molecule has 2 N–H and O–H groups in total. The van der Waals surface area contributed by atoms with Crippen molar-refractivity contribution in [2.75, 3.05) is 13.1 Å². The number of carbonyl (C=O) groups excluding carboxylic acids is 1. The van der Waals surface area contributed by atoms with E-state index in [-0.39, 0.29) is 5.91 Å². The first-order chi connectivity index (χ1) is 8.58. The molecule has 1 aromatic heterocycles. The summed E-state index contributed by atoms with van der Waals surface area (Å²) in [6, 6.07) is 0. The third-order valence-electron chi connectivity index (χ3n) is 4.06. The summed E-state index contributed by atoms with van der Waals surface area (Å²) in [7, 11) is 0. The Morgan fingerprint density at radius 3 is 2.72 bits per heavy atom. The maximum absolute atomic E-state index is 12.3. The molecule has 2 heterocycles. The first kappa shape index (κ1) is 13.5. The van der Waals surface area contributed by atoms with Gasteiger partial charge in [0.2, 0.25) is 0 Å². The average molecular weight is 267 g/mol. The van der Waals surface area contributed by atoms with E-state index in [0.717, 1.165) is 30.9 Å². The van der Waals surface area contributed by atoms with Gasteiger partial charge in [0.1, 0.15) is 10.7 Å². The predicted molar refractivity (Wildman–Crippen MR) is 73.5 cm³/mol. The van der Waals surface area contributed by atoms with Gasteiger partial charge in [-0.2, -0.15) is 0 Å². The van der Waals surface area contributed by atoms with E-state index in [1.165, 1.54) is 17.8 Å². The summed E-state index contributed by atoms with van der Waals surface area (Å²) in [5.41, 5.74) is 6.48. The molecule has 0 radical (unpaired) electrons. The molecule has 2 rings (SSSR count). The molecule has 1 aliphatic heterocycles. The van der Waals surface area contributed by atoms with Crippen molar-refractivity contribution in [3.8, 4) is 0 Å². The summed E-state index contributed by atoms with van der Waals surface area (Å²) < 4.78 is 0. The number of piperidine rings is 1. The lowest BCUT2D eigenvalue weighted by Gasteiger charge is -2.38. The van der Waals surface area contributed by atoms with Gasteiger partial charge in [-0.3, -0.25) is 4.79 Å². The first-order valence-electron chi connectivity index (χ1n) is 6.52. The second-order valence-corrected chi connectivity index (χ2v) is 6.23. The van der Waals surface area contributed by atoms with E-state index in [1.54, 1.807) is 0 Å². The fraction of sp³-hybridized carbons (Fsp3) is 0.692. The molecule has 1 amide bonds. The monoisotopic (exact) mass is 267 g/mol. The van der Waals surface area contributed by atoms with E-state index in [0.29, 0.717) is 17.7 Å². The van der Waals surface area contributed by atoms with Crippen molar-refractivity contribution in [1.29, 1.82) is 0 Å². The Hall–Kier alpha value is -0.940. The van der Waals surface area contributed by atoms with Crippen LogP contribution in [-0.2, 0) is 6.54 Å². The summed E-state index contributed by atoms with van der Waals surface area (Å²) in [6.45, 7) is 6.64. The number of rotatable bonds is 3. The van der Waals surface area contributed by atoms with Crippen LogP contribution in [0.15, 0.2) is 5.38 Å². The Labute approximate surface area is 112 Å². The molecule has 5 heteroatoms. The molecule has 1 saturated heterocycles. The predicted octanol–water partition coefficient (Wildman–Crippen LogP) is 2.25. The number of likely N-dealkylation sites (tertiary alicyclic amines) is 1. The van der Waals surface area contributed by atoms with Crippen molar-refractivity contribution in [3.63, 3.8) is 0 Å². The molecule has 0 saturated carbocycles. The molecular formula is C13H21N3OS. The Balaban J connectivity index is 1.99. The van der Waals surface area contributed by atoms with Crippen molar-refractivity contribution in [1.82, 2.24) is 9.88 Å². The molecule has 1 aliphatic rings. The van der Waals surface area contributed by atoms with Crippen molar-refractivity contribution in [2.45, 2.75) is 39.7 Å². The van der Waals surface area contributed by atoms with Crippen molar-refractivity contribution in [3.05, 3.63) is 16.1 Å². The number of aromatic nitrogens is 1. The number of carbonyl (C=O) groups is 1. The van der Waals surface area contributed by atoms with Gasteiger partial charge in [-0.25, -0.2) is 4.98 Å². The highest BCUT2D eigenvalue weighted by Gasteiger charge is 2.31. The molecule has 18 heavy (non-hydrogen) atoms. The molecule has 0 spiro atoms. The number of nitrogens with zero attached hydrogens (tertiary/aromatic N) is 2. The van der Waals surface area contributed by atoms with Crippen LogP contribution in [0.2, 0.25) is 0 Å². The molecule has 4 nitrogen and oxygen atoms in total. The topological polar surface area (TPSA) is 59.2 Å². The highest BCUT2D eigenvalue weighted by atomic mass is 32.1. The quantitative estimate of drug-likeness (QED) is 0.913. The molecule has 0 aromatic carbocycles. The number of thiazole rings is 1. The Morgan fingerprint density at radius 1 is 1.56 bits per heavy atom. The standard InChI is InChI=1S/C13H21N3OS/c1-3-13(2)4-6-16(7-5-13)12(17)10-9-18-11(8-14)15-10/h9H,3-8,14H2,1-2H3. The minimum atomic E-state index is 0.0594. The van der Waals surface area contributed by atoms with Gasteiger partial charge in [0.15, 0.2) is 0 Å². The Morgan fingerprint density at radius 2 is 2.22 bits per heavy atom. The van der Waals surface area contributed by atoms with Crippen LogP contribution in [-0.4, -0.2) is 28.9 Å². The molecule has 100 valence electrons. The van der Waals surface area contributed by atoms with Crippen LogP contribution in [0.25, 0.3) is 0 Å². The third kappa shape index (κ3) is 2.72. The number of nitrogens with two attached hydrogens (primary N) is 1. The molecule has 0 bridgehead atoms. The van der Waals surface area contributed by atoms with Crippen LogP contribution in [0.5, 0.6) is 0 Å². The lowest BCUT2D eigenvalue weighted by Crippen LogP contribution is -2.42. The zero-order valence-electron chi connectivity index (χ0n) is 11.1. The molecule has 1 aromatic rings. The van der Waals surface area contributed by atoms with E-state index in [9.17, 15) is 4.79 Å². The zero-order valence-corrected chi connectivity index (χ0v) is 11.9. The van der Waals surface area contributed by atoms with E-state index in [1.807, 2.05) is 10.3 Å². The first-order valence-corrected chi connectivity index (χ1v) is 7.40. The summed E-state index contributed by atoms with van der Waals surface area (Å²) >= 11 is 1.46. The van der Waals surface area contributed by atoms with Crippen LogP contribution >= 0.6 is 11.3 Å². The number of hydrogen-bond donors (Lipinski definition) is 1. The van der Waals surface area contributed by atoms with Crippen molar-refractivity contribution >= 4 is 17.2 Å². The van der Waals surface area contributed by atoms with Gasteiger partial charge >= 0.3 is 0 Å². The van der Waals surface area contributed by atoms with Crippen molar-refractivity contribution < 1.29 is 4.79 Å². The van der Waals surface area contributed by atoms with E-state index in [2.05, 4.69) is 18.8 Å². The smallest absolute Gasteiger partial charge is 0.273 e. The average Bonchev–Trinajstić information content (AvgIpc) is 2.87. The van der Waals surface area contributed by atoms with E-state index >= 15 is 0 Å². The van der Waals surface area contributed by atoms with Gasteiger partial charge in [-0.1, -0.05) is 20.3 Å². The van der Waals surface area contributed by atoms with Gasteiger partial charge in [0.05, 0.1) is 0 Å². The normalized spacial score (nSPS) is 18.9. The second-order valence-electron chi connectivity index (χ2n) is 5.29. The second kappa shape index (κ2) is 5.36. The van der Waals surface area contributed by atoms with Crippen LogP contribution < -0.4 is 5.73 Å². The maximum atomic E-state index is 12.3.